The van der Waals surface area contributed by atoms with Crippen molar-refractivity contribution in [2.45, 2.75) is 50.9 Å². The Morgan fingerprint density at radius 3 is 2.86 bits per heavy atom. The zero-order valence-corrected chi connectivity index (χ0v) is 16.2. The van der Waals surface area contributed by atoms with Crippen molar-refractivity contribution in [1.29, 1.82) is 0 Å². The Balaban J connectivity index is 1.53. The average Bonchev–Trinajstić information content (AvgIpc) is 2.99. The molecule has 2 atom stereocenters. The van der Waals surface area contributed by atoms with Crippen LogP contribution in [0.15, 0.2) is 18.5 Å². The lowest BCUT2D eigenvalue weighted by Crippen LogP contribution is -2.24. The number of likely N-dealkylation sites (tertiary alicyclic amines) is 1. The number of nitrogens with one attached hydrogen (secondary N) is 1. The second-order valence-electron chi connectivity index (χ2n) is 8.58. The minimum absolute atomic E-state index is 0.0569. The number of nitrogens with zero attached hydrogens (tertiary/aromatic N) is 4. The maximum atomic E-state index is 12.6. The highest BCUT2D eigenvalue weighted by molar-refractivity contribution is 6.01. The van der Waals surface area contributed by atoms with Crippen LogP contribution in [-0.2, 0) is 0 Å². The van der Waals surface area contributed by atoms with E-state index < -0.39 is 18.7 Å². The molecule has 1 spiro atoms. The van der Waals surface area contributed by atoms with Crippen LogP contribution in [0.1, 0.15) is 50.6 Å². The summed E-state index contributed by atoms with van der Waals surface area (Å²) in [6, 6.07) is 2.05. The third kappa shape index (κ3) is 3.20. The number of imidazole rings is 1. The summed E-state index contributed by atoms with van der Waals surface area (Å²) in [6.45, 7) is 3.62. The number of fused-ring (bicyclic) bond motifs is 3. The van der Waals surface area contributed by atoms with Crippen molar-refractivity contribution < 1.29 is 18.3 Å². The number of alkyl halides is 3. The van der Waals surface area contributed by atoms with Crippen molar-refractivity contribution in [3.63, 3.8) is 0 Å². The highest BCUT2D eigenvalue weighted by Crippen LogP contribution is 2.59. The molecule has 5 rings (SSSR count). The molecule has 3 aromatic heterocycles. The number of rotatable bonds is 5. The number of aliphatic hydroxyl groups is 1. The molecule has 0 bridgehead atoms. The van der Waals surface area contributed by atoms with Gasteiger partial charge in [0.25, 0.3) is 0 Å². The molecule has 0 unspecified atom stereocenters. The van der Waals surface area contributed by atoms with Crippen LogP contribution in [0.3, 0.4) is 0 Å². The van der Waals surface area contributed by atoms with Gasteiger partial charge in [-0.2, -0.15) is 13.2 Å². The van der Waals surface area contributed by atoms with E-state index in [1.54, 1.807) is 13.1 Å². The summed E-state index contributed by atoms with van der Waals surface area (Å²) < 4.78 is 39.8. The predicted molar refractivity (Wildman–Crippen MR) is 102 cm³/mol. The number of H-pyrrole nitrogens is 1. The van der Waals surface area contributed by atoms with E-state index in [9.17, 15) is 18.3 Å². The van der Waals surface area contributed by atoms with Gasteiger partial charge in [0.05, 0.1) is 17.8 Å². The molecule has 1 aliphatic carbocycles. The van der Waals surface area contributed by atoms with Crippen LogP contribution in [0.2, 0.25) is 0 Å². The number of hydrogen-bond donors (Lipinski definition) is 2. The first-order valence-electron chi connectivity index (χ1n) is 10.1. The van der Waals surface area contributed by atoms with Gasteiger partial charge in [0.1, 0.15) is 23.1 Å². The summed E-state index contributed by atoms with van der Waals surface area (Å²) in [6.07, 6.45) is 0.167. The highest BCUT2D eigenvalue weighted by atomic mass is 19.4. The van der Waals surface area contributed by atoms with Gasteiger partial charge in [-0.1, -0.05) is 0 Å². The summed E-state index contributed by atoms with van der Waals surface area (Å²) >= 11 is 0. The molecule has 6 nitrogen and oxygen atoms in total. The number of aromatic amines is 1. The lowest BCUT2D eigenvalue weighted by Gasteiger charge is -2.23. The van der Waals surface area contributed by atoms with Crippen LogP contribution in [-0.4, -0.2) is 55.3 Å². The van der Waals surface area contributed by atoms with E-state index in [0.717, 1.165) is 41.5 Å². The zero-order chi connectivity index (χ0) is 20.4. The summed E-state index contributed by atoms with van der Waals surface area (Å²) in [5.41, 5.74) is 2.50. The number of aliphatic hydroxyl groups excluding tert-OH is 1. The van der Waals surface area contributed by atoms with E-state index in [0.29, 0.717) is 18.9 Å². The average molecular weight is 407 g/mol. The Bertz CT molecular complexity index is 1050. The first kappa shape index (κ1) is 18.9. The molecule has 4 heterocycles. The van der Waals surface area contributed by atoms with Crippen molar-refractivity contribution in [2.24, 2.45) is 5.41 Å². The molecule has 0 aromatic carbocycles. The SMILES string of the molecule is C[C@@H](O)c1nc2cnc3[nH]ccc3c2n1[C@@H]1CN(CCCC(F)(F)F)CC12CC2. The number of halogens is 3. The van der Waals surface area contributed by atoms with Gasteiger partial charge in [-0.25, -0.2) is 9.97 Å². The first-order chi connectivity index (χ1) is 13.8. The molecule has 29 heavy (non-hydrogen) atoms. The minimum atomic E-state index is -4.11. The standard InChI is InChI=1S/C20H24F3N5O/c1-12(29)18-26-14-9-25-17-13(3-7-24-17)16(14)28(18)15-10-27(11-19(15)5-6-19)8-2-4-20(21,22)23/h3,7,9,12,15,29H,2,4-6,8,10-11H2,1H3,(H,24,25)/t12-,15-/m1/s1. The molecule has 0 amide bonds. The summed E-state index contributed by atoms with van der Waals surface area (Å²) in [4.78, 5) is 14.4. The van der Waals surface area contributed by atoms with E-state index in [1.807, 2.05) is 12.3 Å². The van der Waals surface area contributed by atoms with E-state index in [2.05, 4.69) is 24.4 Å². The minimum Gasteiger partial charge on any atom is -0.385 e. The summed E-state index contributed by atoms with van der Waals surface area (Å²) in [5, 5.41) is 11.4. The van der Waals surface area contributed by atoms with Gasteiger partial charge < -0.3 is 19.6 Å². The molecule has 1 aliphatic heterocycles. The van der Waals surface area contributed by atoms with Crippen molar-refractivity contribution in [3.8, 4) is 0 Å². The number of pyridine rings is 1. The Labute approximate surface area is 165 Å². The van der Waals surface area contributed by atoms with Crippen molar-refractivity contribution in [1.82, 2.24) is 24.4 Å². The topological polar surface area (TPSA) is 70.0 Å². The van der Waals surface area contributed by atoms with Crippen molar-refractivity contribution >= 4 is 22.1 Å². The van der Waals surface area contributed by atoms with Crippen LogP contribution in [0.25, 0.3) is 22.1 Å². The van der Waals surface area contributed by atoms with Gasteiger partial charge in [-0.3, -0.25) is 0 Å². The van der Waals surface area contributed by atoms with Gasteiger partial charge >= 0.3 is 6.18 Å². The lowest BCUT2D eigenvalue weighted by molar-refractivity contribution is -0.136. The Hall–Kier alpha value is -2.13. The Kier molecular flexibility index (Phi) is 4.19. The third-order valence-electron chi connectivity index (χ3n) is 6.45. The molecule has 2 N–H and O–H groups in total. The molecule has 3 aromatic rings. The largest absolute Gasteiger partial charge is 0.389 e. The maximum Gasteiger partial charge on any atom is 0.389 e. The van der Waals surface area contributed by atoms with E-state index >= 15 is 0 Å². The van der Waals surface area contributed by atoms with Crippen LogP contribution < -0.4 is 0 Å². The predicted octanol–water partition coefficient (Wildman–Crippen LogP) is 3.95. The summed E-state index contributed by atoms with van der Waals surface area (Å²) in [5.74, 6) is 0.601. The smallest absolute Gasteiger partial charge is 0.385 e. The van der Waals surface area contributed by atoms with E-state index in [1.165, 1.54) is 0 Å². The molecule has 2 fully saturated rings. The summed E-state index contributed by atoms with van der Waals surface area (Å²) in [7, 11) is 0. The quantitative estimate of drug-likeness (QED) is 0.672. The molecule has 1 saturated heterocycles. The first-order valence-corrected chi connectivity index (χ1v) is 10.1. The second-order valence-corrected chi connectivity index (χ2v) is 8.58. The molecule has 2 aliphatic rings. The van der Waals surface area contributed by atoms with Gasteiger partial charge in [0.2, 0.25) is 0 Å². The highest BCUT2D eigenvalue weighted by Gasteiger charge is 2.56. The molecular formula is C20H24F3N5O. The van der Waals surface area contributed by atoms with Crippen LogP contribution in [0, 0.1) is 5.41 Å². The van der Waals surface area contributed by atoms with Gasteiger partial charge in [0.15, 0.2) is 0 Å². The number of hydrogen-bond acceptors (Lipinski definition) is 4. The van der Waals surface area contributed by atoms with Gasteiger partial charge in [-0.15, -0.1) is 0 Å². The molecule has 0 radical (unpaired) electrons. The van der Waals surface area contributed by atoms with Crippen molar-refractivity contribution in [2.75, 3.05) is 19.6 Å². The fourth-order valence-electron chi connectivity index (χ4n) is 4.95. The number of aromatic nitrogens is 4. The second kappa shape index (κ2) is 6.43. The molecule has 156 valence electrons. The molecular weight excluding hydrogens is 383 g/mol. The van der Waals surface area contributed by atoms with E-state index in [4.69, 9.17) is 0 Å². The van der Waals surface area contributed by atoms with E-state index in [-0.39, 0.29) is 17.9 Å². The van der Waals surface area contributed by atoms with Crippen LogP contribution in [0.5, 0.6) is 0 Å². The zero-order valence-electron chi connectivity index (χ0n) is 16.2. The molecule has 1 saturated carbocycles. The Morgan fingerprint density at radius 2 is 2.17 bits per heavy atom. The van der Waals surface area contributed by atoms with Crippen LogP contribution >= 0.6 is 0 Å². The monoisotopic (exact) mass is 407 g/mol. The Morgan fingerprint density at radius 1 is 1.38 bits per heavy atom. The fraction of sp³-hybridized carbons (Fsp3) is 0.600. The fourth-order valence-corrected chi connectivity index (χ4v) is 4.95. The maximum absolute atomic E-state index is 12.6. The van der Waals surface area contributed by atoms with Gasteiger partial charge in [0, 0.05) is 36.5 Å². The van der Waals surface area contributed by atoms with Gasteiger partial charge in [-0.05, 0) is 38.8 Å². The van der Waals surface area contributed by atoms with Crippen molar-refractivity contribution in [3.05, 3.63) is 24.3 Å². The normalized spacial score (nSPS) is 22.9. The molecule has 9 heteroatoms. The van der Waals surface area contributed by atoms with Crippen LogP contribution in [0.4, 0.5) is 13.2 Å². The third-order valence-corrected chi connectivity index (χ3v) is 6.45. The lowest BCUT2D eigenvalue weighted by atomic mass is 10.00.